The Morgan fingerprint density at radius 1 is 0.737 bits per heavy atom. The van der Waals surface area contributed by atoms with E-state index in [0.717, 1.165) is 25.7 Å². The van der Waals surface area contributed by atoms with E-state index >= 15 is 0 Å². The Morgan fingerprint density at radius 2 is 1.37 bits per heavy atom. The van der Waals surface area contributed by atoms with Crippen molar-refractivity contribution in [1.29, 1.82) is 0 Å². The number of hydrogen-bond donors (Lipinski definition) is 1. The topological polar surface area (TPSA) is 20.2 Å². The maximum atomic E-state index is 11.0. The molecule has 0 heterocycles. The lowest BCUT2D eigenvalue weighted by Gasteiger charge is -2.36. The van der Waals surface area contributed by atoms with Crippen molar-refractivity contribution >= 4 is 0 Å². The molecular weight excluding hydrogens is 232 g/mol. The number of rotatable bonds is 13. The molecule has 0 saturated carbocycles. The molecule has 0 saturated heterocycles. The first-order valence-corrected chi connectivity index (χ1v) is 8.86. The smallest absolute Gasteiger partial charge is 0.0675 e. The van der Waals surface area contributed by atoms with Gasteiger partial charge in [0, 0.05) is 0 Å². The fourth-order valence-corrected chi connectivity index (χ4v) is 3.38. The van der Waals surface area contributed by atoms with Crippen molar-refractivity contribution in [3.8, 4) is 0 Å². The average Bonchev–Trinajstić information content (AvgIpc) is 2.40. The van der Waals surface area contributed by atoms with Gasteiger partial charge in [0.2, 0.25) is 0 Å². The number of aliphatic hydroxyl groups is 1. The van der Waals surface area contributed by atoms with E-state index in [9.17, 15) is 5.11 Å². The molecule has 0 bridgehead atoms. The zero-order valence-electron chi connectivity index (χ0n) is 14.0. The Kier molecular flexibility index (Phi) is 11.7. The van der Waals surface area contributed by atoms with Gasteiger partial charge in [-0.15, -0.1) is 0 Å². The predicted molar refractivity (Wildman–Crippen MR) is 86.5 cm³/mol. The first kappa shape index (κ1) is 19.0. The van der Waals surface area contributed by atoms with Gasteiger partial charge in [-0.05, 0) is 25.2 Å². The molecular formula is C18H38O. The molecule has 1 N–H and O–H groups in total. The largest absolute Gasteiger partial charge is 0.390 e. The van der Waals surface area contributed by atoms with Gasteiger partial charge in [-0.2, -0.15) is 0 Å². The van der Waals surface area contributed by atoms with Crippen LogP contribution < -0.4 is 0 Å². The van der Waals surface area contributed by atoms with E-state index in [-0.39, 0.29) is 5.60 Å². The molecule has 0 aliphatic rings. The Bertz CT molecular complexity index is 190. The van der Waals surface area contributed by atoms with Crippen molar-refractivity contribution in [3.63, 3.8) is 0 Å². The Morgan fingerprint density at radius 3 is 1.89 bits per heavy atom. The molecule has 1 heteroatoms. The second kappa shape index (κ2) is 11.8. The molecule has 2 atom stereocenters. The number of hydrogen-bond acceptors (Lipinski definition) is 1. The molecule has 0 radical (unpaired) electrons. The van der Waals surface area contributed by atoms with Crippen molar-refractivity contribution in [3.05, 3.63) is 0 Å². The van der Waals surface area contributed by atoms with Crippen molar-refractivity contribution in [2.45, 2.75) is 110 Å². The van der Waals surface area contributed by atoms with Crippen LogP contribution in [0.3, 0.4) is 0 Å². The zero-order valence-corrected chi connectivity index (χ0v) is 14.0. The minimum atomic E-state index is -0.385. The molecule has 0 spiro atoms. The number of unbranched alkanes of at least 4 members (excludes halogenated alkanes) is 5. The Balaban J connectivity index is 4.13. The van der Waals surface area contributed by atoms with Gasteiger partial charge in [0.1, 0.15) is 0 Å². The van der Waals surface area contributed by atoms with Crippen molar-refractivity contribution in [2.24, 2.45) is 5.92 Å². The molecule has 116 valence electrons. The van der Waals surface area contributed by atoms with Gasteiger partial charge < -0.3 is 5.11 Å². The fourth-order valence-electron chi connectivity index (χ4n) is 3.38. The summed E-state index contributed by atoms with van der Waals surface area (Å²) in [5, 5.41) is 11.0. The van der Waals surface area contributed by atoms with E-state index in [0.29, 0.717) is 5.92 Å². The molecule has 0 aliphatic carbocycles. The van der Waals surface area contributed by atoms with Crippen LogP contribution in [0.1, 0.15) is 105 Å². The highest BCUT2D eigenvalue weighted by Gasteiger charge is 2.33. The summed E-state index contributed by atoms with van der Waals surface area (Å²) in [5.74, 6) is 0.507. The maximum Gasteiger partial charge on any atom is 0.0675 e. The van der Waals surface area contributed by atoms with Gasteiger partial charge in [-0.3, -0.25) is 0 Å². The molecule has 2 unspecified atom stereocenters. The molecule has 0 amide bonds. The Hall–Kier alpha value is -0.0400. The second-order valence-corrected chi connectivity index (χ2v) is 6.27. The fraction of sp³-hybridized carbons (Fsp3) is 1.00. The van der Waals surface area contributed by atoms with Crippen LogP contribution in [0.2, 0.25) is 0 Å². The summed E-state index contributed by atoms with van der Waals surface area (Å²) in [6, 6.07) is 0. The summed E-state index contributed by atoms with van der Waals surface area (Å²) in [7, 11) is 0. The first-order valence-electron chi connectivity index (χ1n) is 8.86. The standard InChI is InChI=1S/C18H38O/c1-5-9-10-11-12-13-16-18(19,15-7-3)17(8-4)14-6-2/h17,19H,5-16H2,1-4H3. The Labute approximate surface area is 122 Å². The van der Waals surface area contributed by atoms with Crippen LogP contribution in [0, 0.1) is 5.92 Å². The van der Waals surface area contributed by atoms with E-state index in [1.165, 1.54) is 51.4 Å². The molecule has 19 heavy (non-hydrogen) atoms. The molecule has 0 rings (SSSR count). The molecule has 0 fully saturated rings. The lowest BCUT2D eigenvalue weighted by atomic mass is 9.76. The summed E-state index contributed by atoms with van der Waals surface area (Å²) in [4.78, 5) is 0. The van der Waals surface area contributed by atoms with Gasteiger partial charge in [0.05, 0.1) is 5.60 Å². The zero-order chi connectivity index (χ0) is 14.6. The molecule has 0 aromatic rings. The predicted octanol–water partition coefficient (Wildman–Crippen LogP) is 6.09. The second-order valence-electron chi connectivity index (χ2n) is 6.27. The SMILES string of the molecule is CCCCCCCCC(O)(CCC)C(CC)CCC. The van der Waals surface area contributed by atoms with E-state index in [1.54, 1.807) is 0 Å². The van der Waals surface area contributed by atoms with E-state index < -0.39 is 0 Å². The third-order valence-corrected chi connectivity index (χ3v) is 4.54. The van der Waals surface area contributed by atoms with Gasteiger partial charge in [0.15, 0.2) is 0 Å². The van der Waals surface area contributed by atoms with Crippen LogP contribution in [-0.4, -0.2) is 10.7 Å². The van der Waals surface area contributed by atoms with E-state index in [4.69, 9.17) is 0 Å². The van der Waals surface area contributed by atoms with Gasteiger partial charge >= 0.3 is 0 Å². The lowest BCUT2D eigenvalue weighted by molar-refractivity contribution is -0.0413. The quantitative estimate of drug-likeness (QED) is 0.401. The molecule has 0 aromatic carbocycles. The third-order valence-electron chi connectivity index (χ3n) is 4.54. The van der Waals surface area contributed by atoms with Gasteiger partial charge in [0.25, 0.3) is 0 Å². The summed E-state index contributed by atoms with van der Waals surface area (Å²) in [6.45, 7) is 8.93. The highest BCUT2D eigenvalue weighted by atomic mass is 16.3. The lowest BCUT2D eigenvalue weighted by Crippen LogP contribution is -2.37. The van der Waals surface area contributed by atoms with Crippen LogP contribution in [0.15, 0.2) is 0 Å². The van der Waals surface area contributed by atoms with Crippen molar-refractivity contribution in [1.82, 2.24) is 0 Å². The molecule has 1 nitrogen and oxygen atoms in total. The van der Waals surface area contributed by atoms with Crippen LogP contribution in [-0.2, 0) is 0 Å². The maximum absolute atomic E-state index is 11.0. The third kappa shape index (κ3) is 7.97. The summed E-state index contributed by atoms with van der Waals surface area (Å²) >= 11 is 0. The van der Waals surface area contributed by atoms with E-state index in [2.05, 4.69) is 27.7 Å². The van der Waals surface area contributed by atoms with E-state index in [1.807, 2.05) is 0 Å². The van der Waals surface area contributed by atoms with Crippen LogP contribution in [0.5, 0.6) is 0 Å². The van der Waals surface area contributed by atoms with Crippen molar-refractivity contribution in [2.75, 3.05) is 0 Å². The summed E-state index contributed by atoms with van der Waals surface area (Å²) < 4.78 is 0. The molecule has 0 aromatic heterocycles. The van der Waals surface area contributed by atoms with Crippen LogP contribution >= 0.6 is 0 Å². The average molecular weight is 271 g/mol. The van der Waals surface area contributed by atoms with Gasteiger partial charge in [-0.25, -0.2) is 0 Å². The first-order chi connectivity index (χ1) is 9.14. The monoisotopic (exact) mass is 270 g/mol. The van der Waals surface area contributed by atoms with Gasteiger partial charge in [-0.1, -0.05) is 85.5 Å². The molecule has 0 aliphatic heterocycles. The minimum absolute atomic E-state index is 0.385. The normalized spacial score (nSPS) is 16.3. The highest BCUT2D eigenvalue weighted by molar-refractivity contribution is 4.85. The van der Waals surface area contributed by atoms with Crippen molar-refractivity contribution < 1.29 is 5.11 Å². The highest BCUT2D eigenvalue weighted by Crippen LogP contribution is 2.34. The summed E-state index contributed by atoms with van der Waals surface area (Å²) in [5.41, 5.74) is -0.385. The van der Waals surface area contributed by atoms with Crippen LogP contribution in [0.25, 0.3) is 0 Å². The summed E-state index contributed by atoms with van der Waals surface area (Å²) in [6.07, 6.45) is 14.5. The minimum Gasteiger partial charge on any atom is -0.390 e. The van der Waals surface area contributed by atoms with Crippen LogP contribution in [0.4, 0.5) is 0 Å².